The molecule has 1 atom stereocenters. The summed E-state index contributed by atoms with van der Waals surface area (Å²) in [6, 6.07) is 15.7. The van der Waals surface area contributed by atoms with E-state index in [0.717, 1.165) is 35.8 Å². The molecule has 37 heavy (non-hydrogen) atoms. The van der Waals surface area contributed by atoms with E-state index < -0.39 is 0 Å². The Labute approximate surface area is 218 Å². The highest BCUT2D eigenvalue weighted by Gasteiger charge is 2.31. The van der Waals surface area contributed by atoms with Crippen LogP contribution in [0, 0.1) is 6.92 Å². The number of anilines is 1. The molecule has 2 aromatic heterocycles. The van der Waals surface area contributed by atoms with Gasteiger partial charge >= 0.3 is 0 Å². The highest BCUT2D eigenvalue weighted by molar-refractivity contribution is 7.99. The lowest BCUT2D eigenvalue weighted by molar-refractivity contribution is -0.132. The van der Waals surface area contributed by atoms with Gasteiger partial charge in [0, 0.05) is 44.0 Å². The topological polar surface area (TPSA) is 85.5 Å². The van der Waals surface area contributed by atoms with Crippen LogP contribution in [0.25, 0.3) is 16.7 Å². The number of carbonyl (C=O) groups is 1. The van der Waals surface area contributed by atoms with Crippen molar-refractivity contribution in [3.8, 4) is 11.4 Å². The first kappa shape index (κ1) is 23.6. The minimum Gasteiger partial charge on any atom is -0.497 e. The van der Waals surface area contributed by atoms with E-state index in [2.05, 4.69) is 10.00 Å². The Balaban J connectivity index is 1.16. The van der Waals surface area contributed by atoms with Crippen LogP contribution in [0.4, 0.5) is 5.69 Å². The smallest absolute Gasteiger partial charge is 0.265 e. The van der Waals surface area contributed by atoms with Gasteiger partial charge in [-0.2, -0.15) is 5.10 Å². The molecule has 2 aromatic carbocycles. The molecular formula is C27H28N6O3S. The van der Waals surface area contributed by atoms with Crippen LogP contribution in [-0.4, -0.2) is 69.2 Å². The molecule has 1 amide bonds. The number of methoxy groups -OCH3 is 1. The third-order valence-corrected chi connectivity index (χ3v) is 8.23. The largest absolute Gasteiger partial charge is 0.497 e. The predicted octanol–water partition coefficient (Wildman–Crippen LogP) is 3.28. The molecule has 2 aliphatic heterocycles. The molecule has 1 fully saturated rings. The summed E-state index contributed by atoms with van der Waals surface area (Å²) in [5.41, 5.74) is 3.56. The lowest BCUT2D eigenvalue weighted by Crippen LogP contribution is -2.49. The molecule has 0 saturated carbocycles. The Hall–Kier alpha value is -3.79. The molecule has 0 spiro atoms. The quantitative estimate of drug-likeness (QED) is 0.376. The molecule has 10 heteroatoms. The number of amides is 1. The van der Waals surface area contributed by atoms with Crippen LogP contribution < -0.4 is 15.2 Å². The molecule has 0 bridgehead atoms. The lowest BCUT2D eigenvalue weighted by Gasteiger charge is -2.36. The van der Waals surface area contributed by atoms with Gasteiger partial charge in [-0.1, -0.05) is 29.5 Å². The first-order valence-corrected chi connectivity index (χ1v) is 13.4. The predicted molar refractivity (Wildman–Crippen MR) is 144 cm³/mol. The first-order chi connectivity index (χ1) is 18.0. The van der Waals surface area contributed by atoms with Crippen molar-refractivity contribution in [2.45, 2.75) is 24.5 Å². The van der Waals surface area contributed by atoms with Crippen LogP contribution in [0.15, 0.2) is 64.7 Å². The van der Waals surface area contributed by atoms with Crippen molar-refractivity contribution in [2.75, 3.05) is 43.9 Å². The Kier molecular flexibility index (Phi) is 6.11. The van der Waals surface area contributed by atoms with Gasteiger partial charge < -0.3 is 14.5 Å². The number of thioether (sulfide) groups is 1. The monoisotopic (exact) mass is 516 g/mol. The number of aromatic nitrogens is 4. The van der Waals surface area contributed by atoms with Crippen LogP contribution in [0.2, 0.25) is 0 Å². The van der Waals surface area contributed by atoms with E-state index in [9.17, 15) is 9.59 Å². The summed E-state index contributed by atoms with van der Waals surface area (Å²) < 4.78 is 8.65. The number of carbonyl (C=O) groups excluding carboxylic acids is 1. The molecular weight excluding hydrogens is 488 g/mol. The summed E-state index contributed by atoms with van der Waals surface area (Å²) >= 11 is 1.53. The van der Waals surface area contributed by atoms with Gasteiger partial charge in [-0.25, -0.2) is 9.67 Å². The van der Waals surface area contributed by atoms with Crippen molar-refractivity contribution < 1.29 is 9.53 Å². The summed E-state index contributed by atoms with van der Waals surface area (Å²) in [4.78, 5) is 35.6. The van der Waals surface area contributed by atoms with Crippen molar-refractivity contribution in [2.24, 2.45) is 0 Å². The fourth-order valence-electron chi connectivity index (χ4n) is 4.99. The minimum atomic E-state index is -0.209. The fraction of sp³-hybridized carbons (Fsp3) is 0.333. The maximum atomic E-state index is 13.4. The zero-order valence-electron chi connectivity index (χ0n) is 20.8. The van der Waals surface area contributed by atoms with Gasteiger partial charge in [0.1, 0.15) is 11.1 Å². The lowest BCUT2D eigenvalue weighted by atomic mass is 10.1. The Morgan fingerprint density at radius 1 is 1.03 bits per heavy atom. The zero-order chi connectivity index (χ0) is 25.5. The standard InChI is InChI=1S/C27H28N6O3S/c1-18-3-5-20(6-4-18)33-25-23(16-28-33)26(35)32-21(17-37-27(32)29-25)15-24(34)31-13-11-30(12-14-31)19-7-9-22(36-2)10-8-19/h3-10,16,21H,11-15,17H2,1-2H3. The average Bonchev–Trinajstić information content (AvgIpc) is 3.54. The van der Waals surface area contributed by atoms with E-state index in [-0.39, 0.29) is 17.5 Å². The van der Waals surface area contributed by atoms with Gasteiger partial charge in [0.25, 0.3) is 5.56 Å². The summed E-state index contributed by atoms with van der Waals surface area (Å²) in [5, 5.41) is 5.56. The number of rotatable bonds is 5. The molecule has 9 nitrogen and oxygen atoms in total. The van der Waals surface area contributed by atoms with Crippen LogP contribution in [-0.2, 0) is 4.79 Å². The number of benzene rings is 2. The van der Waals surface area contributed by atoms with Crippen LogP contribution in [0.5, 0.6) is 5.75 Å². The second kappa shape index (κ2) is 9.59. The molecule has 0 aliphatic carbocycles. The molecule has 6 rings (SSSR count). The number of fused-ring (bicyclic) bond motifs is 2. The average molecular weight is 517 g/mol. The summed E-state index contributed by atoms with van der Waals surface area (Å²) in [6.45, 7) is 4.89. The summed E-state index contributed by atoms with van der Waals surface area (Å²) in [6.07, 6.45) is 1.87. The number of piperazine rings is 1. The minimum absolute atomic E-state index is 0.0789. The van der Waals surface area contributed by atoms with Crippen LogP contribution in [0.1, 0.15) is 18.0 Å². The van der Waals surface area contributed by atoms with Crippen molar-refractivity contribution >= 4 is 34.4 Å². The zero-order valence-corrected chi connectivity index (χ0v) is 21.6. The van der Waals surface area contributed by atoms with E-state index in [4.69, 9.17) is 9.72 Å². The maximum Gasteiger partial charge on any atom is 0.265 e. The van der Waals surface area contributed by atoms with Crippen molar-refractivity contribution in [3.63, 3.8) is 0 Å². The molecule has 2 aliphatic rings. The van der Waals surface area contributed by atoms with Gasteiger partial charge in [-0.3, -0.25) is 14.2 Å². The normalized spacial score (nSPS) is 17.3. The summed E-state index contributed by atoms with van der Waals surface area (Å²) in [5.74, 6) is 1.57. The number of hydrogen-bond donors (Lipinski definition) is 0. The van der Waals surface area contributed by atoms with Gasteiger partial charge in [-0.05, 0) is 43.3 Å². The molecule has 4 heterocycles. The molecule has 4 aromatic rings. The highest BCUT2D eigenvalue weighted by atomic mass is 32.2. The molecule has 1 unspecified atom stereocenters. The Morgan fingerprint density at radius 3 is 2.43 bits per heavy atom. The Bertz CT molecular complexity index is 1500. The number of ether oxygens (including phenoxy) is 1. The molecule has 1 saturated heterocycles. The number of aryl methyl sites for hydroxylation is 1. The van der Waals surface area contributed by atoms with Crippen molar-refractivity contribution in [1.29, 1.82) is 0 Å². The van der Waals surface area contributed by atoms with E-state index >= 15 is 0 Å². The van der Waals surface area contributed by atoms with Crippen LogP contribution in [0.3, 0.4) is 0 Å². The van der Waals surface area contributed by atoms with Crippen LogP contribution >= 0.6 is 11.8 Å². The third-order valence-electron chi connectivity index (χ3n) is 7.13. The fourth-order valence-corrected chi connectivity index (χ4v) is 6.12. The van der Waals surface area contributed by atoms with Gasteiger partial charge in [0.15, 0.2) is 10.8 Å². The first-order valence-electron chi connectivity index (χ1n) is 12.4. The number of hydrogen-bond acceptors (Lipinski definition) is 7. The van der Waals surface area contributed by atoms with Gasteiger partial charge in [0.05, 0.1) is 25.0 Å². The third kappa shape index (κ3) is 4.35. The van der Waals surface area contributed by atoms with E-state index in [0.29, 0.717) is 41.5 Å². The molecule has 0 radical (unpaired) electrons. The van der Waals surface area contributed by atoms with E-state index in [1.54, 1.807) is 22.6 Å². The van der Waals surface area contributed by atoms with Gasteiger partial charge in [-0.15, -0.1) is 0 Å². The van der Waals surface area contributed by atoms with E-state index in [1.807, 2.05) is 60.4 Å². The van der Waals surface area contributed by atoms with Crippen molar-refractivity contribution in [3.05, 3.63) is 70.6 Å². The number of nitrogens with zero attached hydrogens (tertiary/aromatic N) is 6. The van der Waals surface area contributed by atoms with E-state index in [1.165, 1.54) is 11.8 Å². The Morgan fingerprint density at radius 2 is 1.73 bits per heavy atom. The second-order valence-corrected chi connectivity index (χ2v) is 10.4. The SMILES string of the molecule is COc1ccc(N2CCN(C(=O)CC3CSc4nc5c(cnn5-c5ccc(C)cc5)c(=O)n43)CC2)cc1. The highest BCUT2D eigenvalue weighted by Crippen LogP contribution is 2.34. The summed E-state index contributed by atoms with van der Waals surface area (Å²) in [7, 11) is 1.66. The van der Waals surface area contributed by atoms with Gasteiger partial charge in [0.2, 0.25) is 5.91 Å². The molecule has 0 N–H and O–H groups in total. The molecule has 190 valence electrons. The van der Waals surface area contributed by atoms with Crippen molar-refractivity contribution in [1.82, 2.24) is 24.2 Å². The maximum absolute atomic E-state index is 13.4. The second-order valence-electron chi connectivity index (χ2n) is 9.43.